The van der Waals surface area contributed by atoms with Crippen LogP contribution in [0.5, 0.6) is 0 Å². The molecule has 1 atom stereocenters. The van der Waals surface area contributed by atoms with Crippen molar-refractivity contribution in [3.8, 4) is 0 Å². The number of hydrogen-bond acceptors (Lipinski definition) is 2. The van der Waals surface area contributed by atoms with Gasteiger partial charge in [0.15, 0.2) is 0 Å². The fourth-order valence-corrected chi connectivity index (χ4v) is 1.85. The molecule has 1 fully saturated rings. The number of benzene rings is 1. The van der Waals surface area contributed by atoms with Crippen LogP contribution in [0.3, 0.4) is 0 Å². The number of hydrogen-bond donors (Lipinski definition) is 2. The second-order valence-electron chi connectivity index (χ2n) is 4.59. The summed E-state index contributed by atoms with van der Waals surface area (Å²) in [4.78, 5) is 12.0. The van der Waals surface area contributed by atoms with Crippen LogP contribution < -0.4 is 11.1 Å². The van der Waals surface area contributed by atoms with Gasteiger partial charge in [0.2, 0.25) is 5.91 Å². The van der Waals surface area contributed by atoms with Crippen molar-refractivity contribution < 1.29 is 4.79 Å². The van der Waals surface area contributed by atoms with Crippen LogP contribution in [0.25, 0.3) is 0 Å². The van der Waals surface area contributed by atoms with Gasteiger partial charge >= 0.3 is 0 Å². The summed E-state index contributed by atoms with van der Waals surface area (Å²) in [6, 6.07) is 10.0. The molecule has 3 heteroatoms. The van der Waals surface area contributed by atoms with Gasteiger partial charge in [-0.3, -0.25) is 4.79 Å². The zero-order valence-corrected chi connectivity index (χ0v) is 9.57. The third-order valence-electron chi connectivity index (χ3n) is 3.37. The topological polar surface area (TPSA) is 55.1 Å². The largest absolute Gasteiger partial charge is 0.349 e. The molecule has 0 aliphatic heterocycles. The van der Waals surface area contributed by atoms with E-state index in [4.69, 9.17) is 5.73 Å². The number of carbonyl (C=O) groups excluding carboxylic acids is 1. The normalized spacial score (nSPS) is 18.9. The molecule has 1 saturated carbocycles. The van der Waals surface area contributed by atoms with Crippen LogP contribution in [0, 0.1) is 5.41 Å². The summed E-state index contributed by atoms with van der Waals surface area (Å²) in [5.41, 5.74) is 6.49. The minimum atomic E-state index is -0.261. The second kappa shape index (κ2) is 4.26. The smallest absolute Gasteiger partial charge is 0.227 e. The Bertz CT molecular complexity index is 371. The lowest BCUT2D eigenvalue weighted by Gasteiger charge is -2.18. The molecule has 3 nitrogen and oxygen atoms in total. The molecule has 1 amide bonds. The van der Waals surface area contributed by atoms with Crippen molar-refractivity contribution in [3.63, 3.8) is 0 Å². The van der Waals surface area contributed by atoms with Gasteiger partial charge in [-0.2, -0.15) is 0 Å². The SMILES string of the molecule is CC(NC(=O)C1(CN)CC1)c1ccccc1. The second-order valence-corrected chi connectivity index (χ2v) is 4.59. The van der Waals surface area contributed by atoms with Crippen LogP contribution in [0.1, 0.15) is 31.4 Å². The maximum absolute atomic E-state index is 12.0. The van der Waals surface area contributed by atoms with E-state index in [1.807, 2.05) is 37.3 Å². The molecule has 0 spiro atoms. The van der Waals surface area contributed by atoms with Gasteiger partial charge in [-0.15, -0.1) is 0 Å². The van der Waals surface area contributed by atoms with E-state index in [1.54, 1.807) is 0 Å². The number of nitrogens with two attached hydrogens (primary N) is 1. The third kappa shape index (κ3) is 2.09. The molecule has 0 aromatic heterocycles. The molecule has 1 aliphatic carbocycles. The minimum absolute atomic E-state index is 0.0534. The van der Waals surface area contributed by atoms with Crippen LogP contribution in [0.2, 0.25) is 0 Å². The molecule has 1 unspecified atom stereocenters. The summed E-state index contributed by atoms with van der Waals surface area (Å²) in [6.07, 6.45) is 1.85. The van der Waals surface area contributed by atoms with E-state index in [1.165, 1.54) is 0 Å². The highest BCUT2D eigenvalue weighted by Crippen LogP contribution is 2.45. The van der Waals surface area contributed by atoms with Gasteiger partial charge in [0.05, 0.1) is 11.5 Å². The third-order valence-corrected chi connectivity index (χ3v) is 3.37. The van der Waals surface area contributed by atoms with Crippen LogP contribution >= 0.6 is 0 Å². The van der Waals surface area contributed by atoms with E-state index in [0.717, 1.165) is 18.4 Å². The summed E-state index contributed by atoms with van der Waals surface area (Å²) >= 11 is 0. The molecule has 86 valence electrons. The highest BCUT2D eigenvalue weighted by atomic mass is 16.2. The van der Waals surface area contributed by atoms with Crippen LogP contribution in [-0.4, -0.2) is 12.5 Å². The summed E-state index contributed by atoms with van der Waals surface area (Å²) < 4.78 is 0. The number of rotatable bonds is 4. The van der Waals surface area contributed by atoms with Crippen LogP contribution in [-0.2, 0) is 4.79 Å². The Labute approximate surface area is 96.0 Å². The molecule has 1 aromatic carbocycles. The Kier molecular flexibility index (Phi) is 2.97. The van der Waals surface area contributed by atoms with Crippen molar-refractivity contribution in [2.45, 2.75) is 25.8 Å². The van der Waals surface area contributed by atoms with Gasteiger partial charge < -0.3 is 11.1 Å². The van der Waals surface area contributed by atoms with E-state index >= 15 is 0 Å². The van der Waals surface area contributed by atoms with Crippen LogP contribution in [0.4, 0.5) is 0 Å². The van der Waals surface area contributed by atoms with Crippen LogP contribution in [0.15, 0.2) is 30.3 Å². The first-order valence-corrected chi connectivity index (χ1v) is 5.74. The monoisotopic (exact) mass is 218 g/mol. The molecular weight excluding hydrogens is 200 g/mol. The Balaban J connectivity index is 1.98. The average molecular weight is 218 g/mol. The molecule has 2 rings (SSSR count). The predicted molar refractivity (Wildman–Crippen MR) is 63.7 cm³/mol. The van der Waals surface area contributed by atoms with E-state index in [9.17, 15) is 4.79 Å². The number of nitrogens with one attached hydrogen (secondary N) is 1. The Morgan fingerprint density at radius 2 is 2.06 bits per heavy atom. The molecule has 0 bridgehead atoms. The fourth-order valence-electron chi connectivity index (χ4n) is 1.85. The lowest BCUT2D eigenvalue weighted by Crippen LogP contribution is -2.37. The zero-order valence-electron chi connectivity index (χ0n) is 9.57. The first-order chi connectivity index (χ1) is 7.68. The minimum Gasteiger partial charge on any atom is -0.349 e. The molecule has 1 aliphatic rings. The van der Waals surface area contributed by atoms with Gasteiger partial charge in [0, 0.05) is 6.54 Å². The molecule has 0 heterocycles. The van der Waals surface area contributed by atoms with Gasteiger partial charge in [-0.05, 0) is 25.3 Å². The van der Waals surface area contributed by atoms with Gasteiger partial charge in [-0.25, -0.2) is 0 Å². The quantitative estimate of drug-likeness (QED) is 0.806. The van der Waals surface area contributed by atoms with Crippen molar-refractivity contribution in [1.82, 2.24) is 5.32 Å². The summed E-state index contributed by atoms with van der Waals surface area (Å²) in [7, 11) is 0. The van der Waals surface area contributed by atoms with Crippen molar-refractivity contribution in [2.75, 3.05) is 6.54 Å². The van der Waals surface area contributed by atoms with Gasteiger partial charge in [0.25, 0.3) is 0 Å². The lowest BCUT2D eigenvalue weighted by atomic mass is 10.0. The molecule has 0 saturated heterocycles. The lowest BCUT2D eigenvalue weighted by molar-refractivity contribution is -0.126. The van der Waals surface area contributed by atoms with E-state index in [0.29, 0.717) is 6.54 Å². The summed E-state index contributed by atoms with van der Waals surface area (Å²) in [6.45, 7) is 2.46. The standard InChI is InChI=1S/C13H18N2O/c1-10(11-5-3-2-4-6-11)15-12(16)13(9-14)7-8-13/h2-6,10H,7-9,14H2,1H3,(H,15,16). The van der Waals surface area contributed by atoms with Gasteiger partial charge in [0.1, 0.15) is 0 Å². The highest BCUT2D eigenvalue weighted by molar-refractivity contribution is 5.85. The maximum atomic E-state index is 12.0. The first kappa shape index (κ1) is 11.1. The average Bonchev–Trinajstić information content (AvgIpc) is 3.11. The molecule has 3 N–H and O–H groups in total. The van der Waals surface area contributed by atoms with E-state index in [-0.39, 0.29) is 17.4 Å². The predicted octanol–water partition coefficient (Wildman–Crippen LogP) is 1.60. The zero-order chi connectivity index (χ0) is 11.6. The van der Waals surface area contributed by atoms with E-state index < -0.39 is 0 Å². The number of carbonyl (C=O) groups is 1. The van der Waals surface area contributed by atoms with E-state index in [2.05, 4.69) is 5.32 Å². The Morgan fingerprint density at radius 1 is 1.44 bits per heavy atom. The maximum Gasteiger partial charge on any atom is 0.227 e. The molecule has 16 heavy (non-hydrogen) atoms. The van der Waals surface area contributed by atoms with Crippen molar-refractivity contribution >= 4 is 5.91 Å². The fraction of sp³-hybridized carbons (Fsp3) is 0.462. The van der Waals surface area contributed by atoms with Crippen molar-refractivity contribution in [2.24, 2.45) is 11.1 Å². The molecular formula is C13H18N2O. The first-order valence-electron chi connectivity index (χ1n) is 5.74. The Hall–Kier alpha value is -1.35. The number of amides is 1. The van der Waals surface area contributed by atoms with Crippen molar-refractivity contribution in [3.05, 3.63) is 35.9 Å². The van der Waals surface area contributed by atoms with Gasteiger partial charge in [-0.1, -0.05) is 30.3 Å². The Morgan fingerprint density at radius 3 is 2.56 bits per heavy atom. The molecule has 1 aromatic rings. The van der Waals surface area contributed by atoms with Crippen molar-refractivity contribution in [1.29, 1.82) is 0 Å². The summed E-state index contributed by atoms with van der Waals surface area (Å²) in [5.74, 6) is 0.103. The highest BCUT2D eigenvalue weighted by Gasteiger charge is 2.48. The summed E-state index contributed by atoms with van der Waals surface area (Å²) in [5, 5.41) is 3.03. The molecule has 0 radical (unpaired) electrons.